The summed E-state index contributed by atoms with van der Waals surface area (Å²) in [7, 11) is 0. The summed E-state index contributed by atoms with van der Waals surface area (Å²) in [6, 6.07) is 5.19. The SMILES string of the molecule is CC(N)(c1nc(Cc2ccccn2)no1)C(F)(F)F. The average Bonchev–Trinajstić information content (AvgIpc) is 2.78. The monoisotopic (exact) mass is 272 g/mol. The standard InChI is InChI=1S/C11H11F3N4O/c1-10(15,11(12,13)14)9-17-8(18-19-9)6-7-4-2-3-5-16-7/h2-5H,6,15H2,1H3. The van der Waals surface area contributed by atoms with Crippen molar-refractivity contribution in [1.82, 2.24) is 15.1 Å². The van der Waals surface area contributed by atoms with Crippen LogP contribution in [0, 0.1) is 0 Å². The predicted octanol–water partition coefficient (Wildman–Crippen LogP) is 1.79. The van der Waals surface area contributed by atoms with E-state index in [4.69, 9.17) is 5.73 Å². The van der Waals surface area contributed by atoms with E-state index >= 15 is 0 Å². The molecule has 2 aromatic heterocycles. The summed E-state index contributed by atoms with van der Waals surface area (Å²) in [6.07, 6.45) is -2.92. The van der Waals surface area contributed by atoms with E-state index in [1.165, 1.54) is 0 Å². The van der Waals surface area contributed by atoms with Crippen LogP contribution in [0.1, 0.15) is 24.3 Å². The van der Waals surface area contributed by atoms with E-state index in [2.05, 4.69) is 19.6 Å². The Bertz CT molecular complexity index is 551. The number of aromatic nitrogens is 3. The van der Waals surface area contributed by atoms with Gasteiger partial charge in [0.15, 0.2) is 11.4 Å². The van der Waals surface area contributed by atoms with Crippen molar-refractivity contribution in [3.05, 3.63) is 41.8 Å². The van der Waals surface area contributed by atoms with Crippen molar-refractivity contribution in [2.24, 2.45) is 5.73 Å². The maximum absolute atomic E-state index is 12.7. The van der Waals surface area contributed by atoms with Crippen LogP contribution in [0.15, 0.2) is 28.9 Å². The van der Waals surface area contributed by atoms with Gasteiger partial charge in [0.1, 0.15) is 0 Å². The Hall–Kier alpha value is -1.96. The Labute approximate surface area is 106 Å². The third-order valence-corrected chi connectivity index (χ3v) is 2.57. The largest absolute Gasteiger partial charge is 0.415 e. The Morgan fingerprint density at radius 2 is 2.05 bits per heavy atom. The van der Waals surface area contributed by atoms with Crippen molar-refractivity contribution >= 4 is 0 Å². The molecule has 0 amide bonds. The van der Waals surface area contributed by atoms with Gasteiger partial charge in [0, 0.05) is 11.9 Å². The van der Waals surface area contributed by atoms with Crippen molar-refractivity contribution < 1.29 is 17.7 Å². The quantitative estimate of drug-likeness (QED) is 0.921. The van der Waals surface area contributed by atoms with Gasteiger partial charge in [-0.25, -0.2) is 0 Å². The Balaban J connectivity index is 2.20. The minimum Gasteiger partial charge on any atom is -0.337 e. The lowest BCUT2D eigenvalue weighted by Gasteiger charge is -2.22. The first-order valence-corrected chi connectivity index (χ1v) is 5.39. The highest BCUT2D eigenvalue weighted by atomic mass is 19.4. The zero-order chi connectivity index (χ0) is 14.1. The predicted molar refractivity (Wildman–Crippen MR) is 58.9 cm³/mol. The normalized spacial score (nSPS) is 15.2. The number of nitrogens with zero attached hydrogens (tertiary/aromatic N) is 3. The van der Waals surface area contributed by atoms with Crippen LogP contribution in [0.4, 0.5) is 13.2 Å². The number of hydrogen-bond donors (Lipinski definition) is 1. The van der Waals surface area contributed by atoms with Gasteiger partial charge in [-0.05, 0) is 19.1 Å². The van der Waals surface area contributed by atoms with Gasteiger partial charge in [0.05, 0.1) is 6.42 Å². The van der Waals surface area contributed by atoms with Gasteiger partial charge in [0.2, 0.25) is 0 Å². The molecule has 0 aliphatic heterocycles. The molecule has 0 spiro atoms. The second-order valence-corrected chi connectivity index (χ2v) is 4.21. The van der Waals surface area contributed by atoms with Gasteiger partial charge in [-0.1, -0.05) is 11.2 Å². The van der Waals surface area contributed by atoms with Crippen molar-refractivity contribution in [3.8, 4) is 0 Å². The van der Waals surface area contributed by atoms with Crippen LogP contribution in [0.5, 0.6) is 0 Å². The lowest BCUT2D eigenvalue weighted by atomic mass is 10.0. The molecule has 2 N–H and O–H groups in total. The molecule has 102 valence electrons. The minimum absolute atomic E-state index is 0.106. The minimum atomic E-state index is -4.66. The van der Waals surface area contributed by atoms with Crippen LogP contribution >= 0.6 is 0 Å². The highest BCUT2D eigenvalue weighted by Gasteiger charge is 2.53. The Morgan fingerprint density at radius 1 is 1.32 bits per heavy atom. The van der Waals surface area contributed by atoms with E-state index in [-0.39, 0.29) is 12.2 Å². The van der Waals surface area contributed by atoms with Crippen LogP contribution in [0.25, 0.3) is 0 Å². The van der Waals surface area contributed by atoms with Crippen LogP contribution in [0.3, 0.4) is 0 Å². The lowest BCUT2D eigenvalue weighted by molar-refractivity contribution is -0.190. The molecule has 2 rings (SSSR count). The lowest BCUT2D eigenvalue weighted by Crippen LogP contribution is -2.48. The van der Waals surface area contributed by atoms with Crippen molar-refractivity contribution in [1.29, 1.82) is 0 Å². The molecule has 0 fully saturated rings. The van der Waals surface area contributed by atoms with E-state index in [0.717, 1.165) is 6.92 Å². The molecule has 19 heavy (non-hydrogen) atoms. The summed E-state index contributed by atoms with van der Waals surface area (Å²) in [6.45, 7) is 0.783. The molecule has 5 nitrogen and oxygen atoms in total. The van der Waals surface area contributed by atoms with Crippen LogP contribution in [0.2, 0.25) is 0 Å². The van der Waals surface area contributed by atoms with Crippen molar-refractivity contribution in [2.45, 2.75) is 25.1 Å². The fraction of sp³-hybridized carbons (Fsp3) is 0.364. The third-order valence-electron chi connectivity index (χ3n) is 2.57. The van der Waals surface area contributed by atoms with Crippen LogP contribution in [-0.4, -0.2) is 21.3 Å². The summed E-state index contributed by atoms with van der Waals surface area (Å²) in [5.74, 6) is -0.555. The fourth-order valence-corrected chi connectivity index (χ4v) is 1.32. The summed E-state index contributed by atoms with van der Waals surface area (Å²) < 4.78 is 42.7. The third kappa shape index (κ3) is 2.73. The topological polar surface area (TPSA) is 77.8 Å². The number of pyridine rings is 1. The Morgan fingerprint density at radius 3 is 2.63 bits per heavy atom. The first-order chi connectivity index (χ1) is 8.80. The molecule has 0 radical (unpaired) electrons. The zero-order valence-corrected chi connectivity index (χ0v) is 9.98. The van der Waals surface area contributed by atoms with E-state index in [9.17, 15) is 13.2 Å². The van der Waals surface area contributed by atoms with Crippen LogP contribution in [-0.2, 0) is 12.0 Å². The molecule has 1 atom stereocenters. The summed E-state index contributed by atoms with van der Waals surface area (Å²) in [5.41, 5.74) is 3.15. The number of rotatable bonds is 3. The Kier molecular flexibility index (Phi) is 3.27. The molecule has 0 aliphatic rings. The average molecular weight is 272 g/mol. The highest BCUT2D eigenvalue weighted by molar-refractivity contribution is 5.11. The summed E-state index contributed by atoms with van der Waals surface area (Å²) in [5, 5.41) is 3.49. The molecule has 0 aliphatic carbocycles. The first-order valence-electron chi connectivity index (χ1n) is 5.39. The maximum atomic E-state index is 12.7. The molecule has 2 heterocycles. The van der Waals surface area contributed by atoms with E-state index in [1.54, 1.807) is 24.4 Å². The van der Waals surface area contributed by atoms with Crippen molar-refractivity contribution in [2.75, 3.05) is 0 Å². The van der Waals surface area contributed by atoms with E-state index in [0.29, 0.717) is 5.69 Å². The van der Waals surface area contributed by atoms with Gasteiger partial charge in [0.25, 0.3) is 5.89 Å². The van der Waals surface area contributed by atoms with Gasteiger partial charge < -0.3 is 10.3 Å². The molecule has 8 heteroatoms. The smallest absolute Gasteiger partial charge is 0.337 e. The van der Waals surface area contributed by atoms with E-state index in [1.807, 2.05) is 0 Å². The molecule has 0 saturated heterocycles. The molecule has 0 bridgehead atoms. The van der Waals surface area contributed by atoms with Gasteiger partial charge in [-0.3, -0.25) is 4.98 Å². The second-order valence-electron chi connectivity index (χ2n) is 4.21. The number of alkyl halides is 3. The highest BCUT2D eigenvalue weighted by Crippen LogP contribution is 2.35. The van der Waals surface area contributed by atoms with Crippen molar-refractivity contribution in [3.63, 3.8) is 0 Å². The van der Waals surface area contributed by atoms with Gasteiger partial charge in [-0.15, -0.1) is 0 Å². The maximum Gasteiger partial charge on any atom is 0.415 e. The molecular weight excluding hydrogens is 261 g/mol. The number of hydrogen-bond acceptors (Lipinski definition) is 5. The molecule has 1 unspecified atom stereocenters. The first kappa shape index (κ1) is 13.5. The fourth-order valence-electron chi connectivity index (χ4n) is 1.32. The van der Waals surface area contributed by atoms with Gasteiger partial charge in [-0.2, -0.15) is 18.2 Å². The summed E-state index contributed by atoms with van der Waals surface area (Å²) >= 11 is 0. The van der Waals surface area contributed by atoms with Gasteiger partial charge >= 0.3 is 6.18 Å². The molecule has 0 aromatic carbocycles. The molecular formula is C11H11F3N4O. The number of nitrogens with two attached hydrogens (primary N) is 1. The zero-order valence-electron chi connectivity index (χ0n) is 9.98. The van der Waals surface area contributed by atoms with Crippen LogP contribution < -0.4 is 5.73 Å². The molecule has 0 saturated carbocycles. The van der Waals surface area contributed by atoms with E-state index < -0.39 is 17.6 Å². The second kappa shape index (κ2) is 4.61. The molecule has 2 aromatic rings. The summed E-state index contributed by atoms with van der Waals surface area (Å²) in [4.78, 5) is 7.70. The number of halogens is 3.